The molecule has 1 aromatic carbocycles. The number of para-hydroxylation sites is 1. The lowest BCUT2D eigenvalue weighted by Crippen LogP contribution is -2.53. The molecule has 1 aromatic heterocycles. The van der Waals surface area contributed by atoms with Crippen molar-refractivity contribution < 1.29 is 4.79 Å². The number of amides is 1. The Hall–Kier alpha value is -1.85. The molecule has 5 rings (SSSR count). The van der Waals surface area contributed by atoms with E-state index < -0.39 is 0 Å². The van der Waals surface area contributed by atoms with Crippen LogP contribution < -0.4 is 0 Å². The third kappa shape index (κ3) is 3.46. The molecule has 5 heteroatoms. The summed E-state index contributed by atoms with van der Waals surface area (Å²) in [4.78, 5) is 23.9. The van der Waals surface area contributed by atoms with Gasteiger partial charge < -0.3 is 9.88 Å². The van der Waals surface area contributed by atoms with Crippen LogP contribution in [0.2, 0.25) is 0 Å². The number of rotatable bonds is 4. The minimum absolute atomic E-state index is 0.185. The lowest BCUT2D eigenvalue weighted by molar-refractivity contribution is 0.0457. The number of hydrogen-bond donors (Lipinski definition) is 1. The van der Waals surface area contributed by atoms with E-state index in [1.54, 1.807) is 0 Å². The van der Waals surface area contributed by atoms with Gasteiger partial charge in [0.05, 0.1) is 11.1 Å². The molecule has 1 N–H and O–H groups in total. The van der Waals surface area contributed by atoms with Crippen molar-refractivity contribution >= 4 is 16.8 Å². The number of benzene rings is 1. The van der Waals surface area contributed by atoms with Crippen LogP contribution in [-0.2, 0) is 6.54 Å². The average molecular weight is 381 g/mol. The first-order chi connectivity index (χ1) is 13.8. The number of nitrogens with one attached hydrogen (secondary N) is 1. The fourth-order valence-electron chi connectivity index (χ4n) is 5.09. The van der Waals surface area contributed by atoms with E-state index in [0.29, 0.717) is 0 Å². The predicted molar refractivity (Wildman–Crippen MR) is 113 cm³/mol. The molecule has 3 heterocycles. The van der Waals surface area contributed by atoms with Crippen molar-refractivity contribution in [3.63, 3.8) is 0 Å². The number of hydrogen-bond acceptors (Lipinski definition) is 3. The molecule has 28 heavy (non-hydrogen) atoms. The SMILES string of the molecule is O=C(c1cccc2c(CN3CCCCC3)c[nH]c12)N1CCN(C2CCC2)CC1. The van der Waals surface area contributed by atoms with Crippen molar-refractivity contribution in [1.29, 1.82) is 0 Å². The first-order valence-corrected chi connectivity index (χ1v) is 11.1. The number of carbonyl (C=O) groups excluding carboxylic acids is 1. The van der Waals surface area contributed by atoms with Gasteiger partial charge in [-0.05, 0) is 50.4 Å². The van der Waals surface area contributed by atoms with Crippen LogP contribution in [0.25, 0.3) is 10.9 Å². The number of H-pyrrole nitrogens is 1. The summed E-state index contributed by atoms with van der Waals surface area (Å²) in [6, 6.07) is 6.98. The molecular weight excluding hydrogens is 348 g/mol. The van der Waals surface area contributed by atoms with E-state index in [1.165, 1.54) is 62.6 Å². The molecule has 5 nitrogen and oxygen atoms in total. The van der Waals surface area contributed by atoms with Gasteiger partial charge in [0.2, 0.25) is 0 Å². The number of piperidine rings is 1. The van der Waals surface area contributed by atoms with Crippen molar-refractivity contribution in [3.8, 4) is 0 Å². The van der Waals surface area contributed by atoms with Crippen LogP contribution in [0.3, 0.4) is 0 Å². The number of carbonyl (C=O) groups is 1. The van der Waals surface area contributed by atoms with E-state index in [2.05, 4.69) is 31.9 Å². The van der Waals surface area contributed by atoms with Gasteiger partial charge in [-0.3, -0.25) is 14.6 Å². The standard InChI is InChI=1S/C23H32N4O/c28-23(27-14-12-26(13-15-27)19-6-4-7-19)21-9-5-8-20-18(16-24-22(20)21)17-25-10-2-1-3-11-25/h5,8-9,16,19,24H,1-4,6-7,10-15,17H2. The highest BCUT2D eigenvalue weighted by molar-refractivity contribution is 6.06. The van der Waals surface area contributed by atoms with Gasteiger partial charge in [0, 0.05) is 50.3 Å². The summed E-state index contributed by atoms with van der Waals surface area (Å²) >= 11 is 0. The van der Waals surface area contributed by atoms with Crippen molar-refractivity contribution in [2.75, 3.05) is 39.3 Å². The maximum atomic E-state index is 13.3. The zero-order valence-corrected chi connectivity index (χ0v) is 16.8. The molecule has 0 bridgehead atoms. The van der Waals surface area contributed by atoms with Gasteiger partial charge in [-0.25, -0.2) is 0 Å². The quantitative estimate of drug-likeness (QED) is 0.883. The van der Waals surface area contributed by atoms with Gasteiger partial charge in [-0.15, -0.1) is 0 Å². The summed E-state index contributed by atoms with van der Waals surface area (Å²) in [5.74, 6) is 0.185. The van der Waals surface area contributed by atoms with Crippen LogP contribution in [-0.4, -0.2) is 70.9 Å². The van der Waals surface area contributed by atoms with Crippen LogP contribution in [0.5, 0.6) is 0 Å². The van der Waals surface area contributed by atoms with Crippen LogP contribution >= 0.6 is 0 Å². The maximum absolute atomic E-state index is 13.3. The van der Waals surface area contributed by atoms with Crippen molar-refractivity contribution in [1.82, 2.24) is 19.7 Å². The summed E-state index contributed by atoms with van der Waals surface area (Å²) in [5.41, 5.74) is 3.17. The largest absolute Gasteiger partial charge is 0.360 e. The normalized spacial score (nSPS) is 22.5. The molecule has 3 aliphatic rings. The van der Waals surface area contributed by atoms with Gasteiger partial charge in [-0.1, -0.05) is 25.0 Å². The molecule has 3 fully saturated rings. The number of fused-ring (bicyclic) bond motifs is 1. The smallest absolute Gasteiger partial charge is 0.256 e. The van der Waals surface area contributed by atoms with E-state index in [-0.39, 0.29) is 5.91 Å². The fourth-order valence-corrected chi connectivity index (χ4v) is 5.09. The Morgan fingerprint density at radius 3 is 2.46 bits per heavy atom. The van der Waals surface area contributed by atoms with E-state index in [1.807, 2.05) is 12.1 Å². The highest BCUT2D eigenvalue weighted by Gasteiger charge is 2.30. The summed E-state index contributed by atoms with van der Waals surface area (Å²) in [7, 11) is 0. The number of aromatic amines is 1. The Morgan fingerprint density at radius 2 is 1.75 bits per heavy atom. The molecule has 0 atom stereocenters. The van der Waals surface area contributed by atoms with Gasteiger partial charge in [0.15, 0.2) is 0 Å². The second-order valence-electron chi connectivity index (χ2n) is 8.79. The Kier molecular flexibility index (Phi) is 5.12. The number of nitrogens with zero attached hydrogens (tertiary/aromatic N) is 3. The van der Waals surface area contributed by atoms with Crippen LogP contribution in [0.1, 0.15) is 54.4 Å². The molecule has 1 saturated carbocycles. The van der Waals surface area contributed by atoms with E-state index in [4.69, 9.17) is 0 Å². The summed E-state index contributed by atoms with van der Waals surface area (Å²) < 4.78 is 0. The van der Waals surface area contributed by atoms with E-state index in [0.717, 1.165) is 49.8 Å². The summed E-state index contributed by atoms with van der Waals surface area (Å²) in [6.07, 6.45) is 10.1. The molecule has 1 amide bonds. The number of aromatic nitrogens is 1. The minimum Gasteiger partial charge on any atom is -0.360 e. The zero-order valence-electron chi connectivity index (χ0n) is 16.8. The van der Waals surface area contributed by atoms with Crippen molar-refractivity contribution in [2.24, 2.45) is 0 Å². The Balaban J connectivity index is 1.30. The third-order valence-corrected chi connectivity index (χ3v) is 7.07. The summed E-state index contributed by atoms with van der Waals surface area (Å²) in [6.45, 7) is 7.12. The Labute approximate surface area is 167 Å². The van der Waals surface area contributed by atoms with Gasteiger partial charge in [-0.2, -0.15) is 0 Å². The maximum Gasteiger partial charge on any atom is 0.256 e. The van der Waals surface area contributed by atoms with Crippen LogP contribution in [0.4, 0.5) is 0 Å². The molecule has 1 aliphatic carbocycles. The van der Waals surface area contributed by atoms with E-state index >= 15 is 0 Å². The zero-order chi connectivity index (χ0) is 18.9. The van der Waals surface area contributed by atoms with Crippen molar-refractivity contribution in [2.45, 2.75) is 51.1 Å². The minimum atomic E-state index is 0.185. The third-order valence-electron chi connectivity index (χ3n) is 7.07. The highest BCUT2D eigenvalue weighted by atomic mass is 16.2. The van der Waals surface area contributed by atoms with Gasteiger partial charge in [0.25, 0.3) is 5.91 Å². The first kappa shape index (κ1) is 18.2. The highest BCUT2D eigenvalue weighted by Crippen LogP contribution is 2.27. The van der Waals surface area contributed by atoms with Crippen molar-refractivity contribution in [3.05, 3.63) is 35.5 Å². The molecule has 2 aliphatic heterocycles. The first-order valence-electron chi connectivity index (χ1n) is 11.1. The van der Waals surface area contributed by atoms with Crippen LogP contribution in [0.15, 0.2) is 24.4 Å². The molecule has 0 unspecified atom stereocenters. The second kappa shape index (κ2) is 7.88. The molecule has 2 saturated heterocycles. The second-order valence-corrected chi connectivity index (χ2v) is 8.79. The fraction of sp³-hybridized carbons (Fsp3) is 0.609. The Morgan fingerprint density at radius 1 is 0.964 bits per heavy atom. The van der Waals surface area contributed by atoms with Gasteiger partial charge >= 0.3 is 0 Å². The molecule has 0 radical (unpaired) electrons. The number of likely N-dealkylation sites (tertiary alicyclic amines) is 1. The lowest BCUT2D eigenvalue weighted by Gasteiger charge is -2.43. The lowest BCUT2D eigenvalue weighted by atomic mass is 9.91. The van der Waals surface area contributed by atoms with Crippen LogP contribution in [0, 0.1) is 0 Å². The topological polar surface area (TPSA) is 42.6 Å². The number of piperazine rings is 1. The summed E-state index contributed by atoms with van der Waals surface area (Å²) in [5, 5.41) is 1.21. The molecule has 150 valence electrons. The van der Waals surface area contributed by atoms with Gasteiger partial charge in [0.1, 0.15) is 0 Å². The molecule has 2 aromatic rings. The predicted octanol–water partition coefficient (Wildman–Crippen LogP) is 3.46. The molecular formula is C23H32N4O. The molecule has 0 spiro atoms. The average Bonchev–Trinajstić information content (AvgIpc) is 3.10. The Bertz CT molecular complexity index is 826. The van der Waals surface area contributed by atoms with E-state index in [9.17, 15) is 4.79 Å². The monoisotopic (exact) mass is 380 g/mol.